The second-order valence-corrected chi connectivity index (χ2v) is 2.33. The summed E-state index contributed by atoms with van der Waals surface area (Å²) in [4.78, 5) is 9.09. The molecule has 0 aliphatic carbocycles. The Morgan fingerprint density at radius 3 is 2.45 bits per heavy atom. The Bertz CT molecular complexity index is 250. The monoisotopic (exact) mass is 148 g/mol. The van der Waals surface area contributed by atoms with Crippen LogP contribution < -0.4 is 0 Å². The Hall–Kier alpha value is -1.12. The average molecular weight is 148 g/mol. The molecule has 0 N–H and O–H groups in total. The van der Waals surface area contributed by atoms with E-state index in [0.29, 0.717) is 0 Å². The molecule has 1 aliphatic heterocycles. The van der Waals surface area contributed by atoms with E-state index in [1.165, 1.54) is 0 Å². The van der Waals surface area contributed by atoms with Gasteiger partial charge in [-0.1, -0.05) is 36.4 Å². The van der Waals surface area contributed by atoms with Crippen molar-refractivity contribution in [3.8, 4) is 0 Å². The van der Waals surface area contributed by atoms with E-state index in [2.05, 4.69) is 9.78 Å². The Labute approximate surface area is 65.0 Å². The van der Waals surface area contributed by atoms with Crippen molar-refractivity contribution in [2.75, 3.05) is 0 Å². The van der Waals surface area contributed by atoms with Crippen LogP contribution >= 0.6 is 0 Å². The van der Waals surface area contributed by atoms with E-state index in [9.17, 15) is 0 Å². The van der Waals surface area contributed by atoms with Crippen LogP contribution in [-0.2, 0) is 9.78 Å². The molecule has 0 radical (unpaired) electrons. The van der Waals surface area contributed by atoms with Gasteiger partial charge in [0.25, 0.3) is 0 Å². The van der Waals surface area contributed by atoms with Gasteiger partial charge in [-0.2, -0.15) is 9.78 Å². The highest BCUT2D eigenvalue weighted by atomic mass is 17.4. The Kier molecular flexibility index (Phi) is 1.71. The van der Waals surface area contributed by atoms with E-state index >= 15 is 0 Å². The van der Waals surface area contributed by atoms with Gasteiger partial charge in [0.15, 0.2) is 0 Å². The average Bonchev–Trinajstić information content (AvgIpc) is 2.86. The lowest BCUT2D eigenvalue weighted by Gasteiger charge is -1.87. The zero-order valence-electron chi connectivity index (χ0n) is 5.94. The predicted molar refractivity (Wildman–Crippen MR) is 41.4 cm³/mol. The van der Waals surface area contributed by atoms with E-state index < -0.39 is 0 Å². The highest BCUT2D eigenvalue weighted by molar-refractivity contribution is 5.49. The van der Waals surface area contributed by atoms with Crippen LogP contribution in [0, 0.1) is 0 Å². The molecule has 2 heteroatoms. The van der Waals surface area contributed by atoms with Crippen molar-refractivity contribution in [3.05, 3.63) is 42.0 Å². The maximum Gasteiger partial charge on any atom is 0.243 e. The molecule has 0 saturated carbocycles. The molecular weight excluding hydrogens is 140 g/mol. The first-order valence-corrected chi connectivity index (χ1v) is 3.50. The highest BCUT2D eigenvalue weighted by Gasteiger charge is 2.20. The van der Waals surface area contributed by atoms with E-state index in [0.717, 1.165) is 5.56 Å². The first kappa shape index (κ1) is 6.58. The molecule has 1 fully saturated rings. The van der Waals surface area contributed by atoms with Crippen LogP contribution in [0.4, 0.5) is 0 Å². The van der Waals surface area contributed by atoms with E-state index in [-0.39, 0.29) is 6.29 Å². The molecule has 11 heavy (non-hydrogen) atoms. The number of hydrogen-bond donors (Lipinski definition) is 0. The van der Waals surface area contributed by atoms with Gasteiger partial charge < -0.3 is 0 Å². The van der Waals surface area contributed by atoms with Gasteiger partial charge >= 0.3 is 0 Å². The van der Waals surface area contributed by atoms with Crippen molar-refractivity contribution in [3.63, 3.8) is 0 Å². The quantitative estimate of drug-likeness (QED) is 0.473. The number of benzene rings is 1. The number of rotatable bonds is 2. The van der Waals surface area contributed by atoms with Gasteiger partial charge in [0.1, 0.15) is 0 Å². The van der Waals surface area contributed by atoms with Crippen molar-refractivity contribution in [1.29, 1.82) is 0 Å². The summed E-state index contributed by atoms with van der Waals surface area (Å²) in [7, 11) is 0. The summed E-state index contributed by atoms with van der Waals surface area (Å²) in [6, 6.07) is 10.0. The Morgan fingerprint density at radius 1 is 1.09 bits per heavy atom. The van der Waals surface area contributed by atoms with Gasteiger partial charge in [-0.15, -0.1) is 0 Å². The van der Waals surface area contributed by atoms with Gasteiger partial charge in [0.2, 0.25) is 6.29 Å². The molecule has 0 spiro atoms. The van der Waals surface area contributed by atoms with Crippen LogP contribution in [0.3, 0.4) is 0 Å². The lowest BCUT2D eigenvalue weighted by atomic mass is 10.2. The van der Waals surface area contributed by atoms with Crippen LogP contribution in [0.25, 0.3) is 6.08 Å². The van der Waals surface area contributed by atoms with Gasteiger partial charge in [-0.3, -0.25) is 0 Å². The molecule has 2 rings (SSSR count). The molecule has 1 saturated heterocycles. The van der Waals surface area contributed by atoms with Crippen LogP contribution in [0.1, 0.15) is 5.56 Å². The molecule has 56 valence electrons. The predicted octanol–water partition coefficient (Wildman–Crippen LogP) is 1.99. The first-order valence-electron chi connectivity index (χ1n) is 3.50. The van der Waals surface area contributed by atoms with Crippen LogP contribution in [0.2, 0.25) is 0 Å². The smallest absolute Gasteiger partial charge is 0.194 e. The molecule has 0 amide bonds. The van der Waals surface area contributed by atoms with Crippen LogP contribution in [-0.4, -0.2) is 6.29 Å². The summed E-state index contributed by atoms with van der Waals surface area (Å²) < 4.78 is 0. The molecule has 0 aromatic heterocycles. The minimum atomic E-state index is -0.116. The fraction of sp³-hybridized carbons (Fsp3) is 0.111. The minimum Gasteiger partial charge on any atom is -0.194 e. The maximum absolute atomic E-state index is 4.54. The third-order valence-corrected chi connectivity index (χ3v) is 1.45. The van der Waals surface area contributed by atoms with E-state index in [1.807, 2.05) is 42.5 Å². The molecule has 0 atom stereocenters. The molecule has 1 aromatic rings. The molecule has 0 unspecified atom stereocenters. The Morgan fingerprint density at radius 2 is 1.82 bits per heavy atom. The lowest BCUT2D eigenvalue weighted by molar-refractivity contribution is 0.0850. The summed E-state index contributed by atoms with van der Waals surface area (Å²) in [5.74, 6) is 0. The highest BCUT2D eigenvalue weighted by Crippen LogP contribution is 2.14. The fourth-order valence-electron chi connectivity index (χ4n) is 0.850. The second-order valence-electron chi connectivity index (χ2n) is 2.33. The fourth-order valence-corrected chi connectivity index (χ4v) is 0.850. The van der Waals surface area contributed by atoms with Crippen molar-refractivity contribution in [1.82, 2.24) is 0 Å². The largest absolute Gasteiger partial charge is 0.243 e. The third-order valence-electron chi connectivity index (χ3n) is 1.45. The van der Waals surface area contributed by atoms with Gasteiger partial charge in [0, 0.05) is 0 Å². The summed E-state index contributed by atoms with van der Waals surface area (Å²) in [5, 5.41) is 0. The summed E-state index contributed by atoms with van der Waals surface area (Å²) in [6.07, 6.45) is 3.72. The minimum absolute atomic E-state index is 0.116. The van der Waals surface area contributed by atoms with Gasteiger partial charge in [-0.25, -0.2) is 0 Å². The summed E-state index contributed by atoms with van der Waals surface area (Å²) in [6.45, 7) is 0. The van der Waals surface area contributed by atoms with Gasteiger partial charge in [0.05, 0.1) is 0 Å². The lowest BCUT2D eigenvalue weighted by Crippen LogP contribution is -1.73. The number of hydrogen-bond acceptors (Lipinski definition) is 2. The third kappa shape index (κ3) is 1.90. The van der Waals surface area contributed by atoms with Gasteiger partial charge in [-0.05, 0) is 11.6 Å². The van der Waals surface area contributed by atoms with E-state index in [4.69, 9.17) is 0 Å². The van der Waals surface area contributed by atoms with Crippen LogP contribution in [0.5, 0.6) is 0 Å². The SMILES string of the molecule is C(=CC1OO1)c1ccccc1. The van der Waals surface area contributed by atoms with Crippen molar-refractivity contribution >= 4 is 6.08 Å². The molecule has 1 heterocycles. The second kappa shape index (κ2) is 2.86. The van der Waals surface area contributed by atoms with Crippen LogP contribution in [0.15, 0.2) is 36.4 Å². The van der Waals surface area contributed by atoms with Crippen molar-refractivity contribution in [2.24, 2.45) is 0 Å². The topological polar surface area (TPSA) is 25.1 Å². The maximum atomic E-state index is 4.54. The molecule has 2 nitrogen and oxygen atoms in total. The zero-order valence-corrected chi connectivity index (χ0v) is 5.94. The Balaban J connectivity index is 2.05. The molecular formula is C9H8O2. The molecule has 0 bridgehead atoms. The summed E-state index contributed by atoms with van der Waals surface area (Å²) in [5.41, 5.74) is 1.16. The zero-order chi connectivity index (χ0) is 7.52. The molecule has 1 aromatic carbocycles. The van der Waals surface area contributed by atoms with Crippen molar-refractivity contribution < 1.29 is 9.78 Å². The first-order chi connectivity index (χ1) is 5.45. The standard InChI is InChI=1S/C9H8O2/c1-2-4-8(5-3-1)6-7-9-10-11-9/h1-7,9H. The molecule has 1 aliphatic rings. The van der Waals surface area contributed by atoms with E-state index in [1.54, 1.807) is 0 Å². The summed E-state index contributed by atoms with van der Waals surface area (Å²) >= 11 is 0. The van der Waals surface area contributed by atoms with Crippen molar-refractivity contribution in [2.45, 2.75) is 6.29 Å². The normalized spacial score (nSPS) is 17.5.